The zero-order chi connectivity index (χ0) is 15.9. The van der Waals surface area contributed by atoms with Crippen molar-refractivity contribution in [2.24, 2.45) is 0 Å². The topological polar surface area (TPSA) is 93.0 Å². The minimum atomic E-state index is -3.81. The van der Waals surface area contributed by atoms with E-state index in [0.29, 0.717) is 0 Å². The summed E-state index contributed by atoms with van der Waals surface area (Å²) in [6.45, 7) is 0. The van der Waals surface area contributed by atoms with Crippen molar-refractivity contribution in [1.82, 2.24) is 9.97 Å². The highest BCUT2D eigenvalue weighted by atomic mass is 35.5. The van der Waals surface area contributed by atoms with E-state index in [2.05, 4.69) is 9.97 Å². The summed E-state index contributed by atoms with van der Waals surface area (Å²) >= 11 is 11.7. The molecule has 0 amide bonds. The molecule has 6 nitrogen and oxygen atoms in total. The Kier molecular flexibility index (Phi) is 3.72. The van der Waals surface area contributed by atoms with Gasteiger partial charge in [-0.2, -0.15) is 0 Å². The van der Waals surface area contributed by atoms with Crippen LogP contribution in [0.15, 0.2) is 44.6 Å². The van der Waals surface area contributed by atoms with Crippen LogP contribution in [0, 0.1) is 0 Å². The minimum Gasteiger partial charge on any atom is -0.457 e. The Morgan fingerprint density at radius 3 is 2.77 bits per heavy atom. The fraction of sp³-hybridized carbons (Fsp3) is 0.0769. The zero-order valence-corrected chi connectivity index (χ0v) is 13.2. The molecule has 0 spiro atoms. The maximum atomic E-state index is 12.4. The number of halogens is 2. The third-order valence-corrected chi connectivity index (χ3v) is 5.26. The van der Waals surface area contributed by atoms with Crippen molar-refractivity contribution < 1.29 is 12.8 Å². The molecule has 0 aliphatic heterocycles. The van der Waals surface area contributed by atoms with Gasteiger partial charge in [-0.3, -0.25) is 4.79 Å². The molecule has 0 saturated heterocycles. The lowest BCUT2D eigenvalue weighted by molar-refractivity contribution is 0.592. The van der Waals surface area contributed by atoms with Gasteiger partial charge in [-0.1, -0.05) is 23.2 Å². The van der Waals surface area contributed by atoms with E-state index < -0.39 is 21.1 Å². The van der Waals surface area contributed by atoms with Crippen LogP contribution in [0.1, 0.15) is 5.82 Å². The molecule has 0 aliphatic carbocycles. The van der Waals surface area contributed by atoms with E-state index >= 15 is 0 Å². The number of H-pyrrole nitrogens is 1. The molecule has 22 heavy (non-hydrogen) atoms. The smallest absolute Gasteiger partial charge is 0.294 e. The molecule has 0 bridgehead atoms. The second-order valence-corrected chi connectivity index (χ2v) is 7.28. The summed E-state index contributed by atoms with van der Waals surface area (Å²) in [5.41, 5.74) is -0.217. The van der Waals surface area contributed by atoms with Crippen molar-refractivity contribution in [1.29, 1.82) is 0 Å². The van der Waals surface area contributed by atoms with Gasteiger partial charge in [0, 0.05) is 11.1 Å². The molecule has 0 unspecified atom stereocenters. The molecular formula is C13H8Cl2N2O4S. The van der Waals surface area contributed by atoms with Gasteiger partial charge in [0.05, 0.1) is 16.2 Å². The van der Waals surface area contributed by atoms with Gasteiger partial charge in [0.1, 0.15) is 17.1 Å². The quantitative estimate of drug-likeness (QED) is 0.776. The van der Waals surface area contributed by atoms with Crippen LogP contribution in [-0.4, -0.2) is 18.4 Å². The molecule has 0 fully saturated rings. The van der Waals surface area contributed by atoms with E-state index in [-0.39, 0.29) is 31.9 Å². The van der Waals surface area contributed by atoms with E-state index in [4.69, 9.17) is 27.6 Å². The van der Waals surface area contributed by atoms with E-state index in [9.17, 15) is 13.2 Å². The highest BCUT2D eigenvalue weighted by Crippen LogP contribution is 2.27. The number of nitrogens with one attached hydrogen (secondary N) is 1. The number of nitrogens with zero attached hydrogens (tertiary/aromatic N) is 1. The van der Waals surface area contributed by atoms with Crippen LogP contribution < -0.4 is 5.56 Å². The monoisotopic (exact) mass is 358 g/mol. The van der Waals surface area contributed by atoms with Gasteiger partial charge in [0.25, 0.3) is 5.56 Å². The summed E-state index contributed by atoms with van der Waals surface area (Å²) < 4.78 is 29.8. The van der Waals surface area contributed by atoms with E-state index in [1.165, 1.54) is 30.5 Å². The molecule has 1 aromatic carbocycles. The number of fused-ring (bicyclic) bond motifs is 1. The Morgan fingerprint density at radius 2 is 2.00 bits per heavy atom. The number of sulfone groups is 1. The Bertz CT molecular complexity index is 1020. The fourth-order valence-electron chi connectivity index (χ4n) is 1.96. The molecule has 3 aromatic rings. The molecule has 114 valence electrons. The molecule has 0 saturated carbocycles. The van der Waals surface area contributed by atoms with Gasteiger partial charge < -0.3 is 9.40 Å². The average molecular weight is 359 g/mol. The van der Waals surface area contributed by atoms with Crippen LogP contribution in [0.2, 0.25) is 10.0 Å². The predicted molar refractivity (Wildman–Crippen MR) is 82.0 cm³/mol. The highest BCUT2D eigenvalue weighted by molar-refractivity contribution is 7.90. The third-order valence-electron chi connectivity index (χ3n) is 2.92. The minimum absolute atomic E-state index is 0.00468. The van der Waals surface area contributed by atoms with E-state index in [1.807, 2.05) is 0 Å². The summed E-state index contributed by atoms with van der Waals surface area (Å²) in [4.78, 5) is 18.1. The van der Waals surface area contributed by atoms with Gasteiger partial charge in [0.15, 0.2) is 9.84 Å². The first-order chi connectivity index (χ1) is 10.4. The lowest BCUT2D eigenvalue weighted by atomic mass is 10.4. The number of furan rings is 1. The zero-order valence-electron chi connectivity index (χ0n) is 10.8. The maximum Gasteiger partial charge on any atom is 0.294 e. The average Bonchev–Trinajstić information content (AvgIpc) is 2.89. The predicted octanol–water partition coefficient (Wildman–Crippen LogP) is 2.80. The number of benzene rings is 1. The lowest BCUT2D eigenvalue weighted by Gasteiger charge is -2.06. The van der Waals surface area contributed by atoms with Crippen LogP contribution >= 0.6 is 23.2 Å². The van der Waals surface area contributed by atoms with Crippen LogP contribution in [-0.2, 0) is 15.6 Å². The van der Waals surface area contributed by atoms with Crippen LogP contribution in [0.25, 0.3) is 11.1 Å². The number of rotatable bonds is 3. The lowest BCUT2D eigenvalue weighted by Crippen LogP contribution is -2.15. The van der Waals surface area contributed by atoms with Gasteiger partial charge in [-0.25, -0.2) is 13.4 Å². The van der Waals surface area contributed by atoms with Crippen molar-refractivity contribution >= 4 is 44.1 Å². The van der Waals surface area contributed by atoms with Gasteiger partial charge in [-0.15, -0.1) is 0 Å². The van der Waals surface area contributed by atoms with E-state index in [0.717, 1.165) is 0 Å². The number of hydrogen-bond donors (Lipinski definition) is 1. The number of hydrogen-bond acceptors (Lipinski definition) is 5. The molecule has 9 heteroatoms. The Hall–Kier alpha value is -1.83. The van der Waals surface area contributed by atoms with Crippen LogP contribution in [0.5, 0.6) is 0 Å². The molecule has 1 N–H and O–H groups in total. The van der Waals surface area contributed by atoms with Crippen molar-refractivity contribution in [2.75, 3.05) is 0 Å². The summed E-state index contributed by atoms with van der Waals surface area (Å²) in [5, 5.41) is 0.297. The van der Waals surface area contributed by atoms with Gasteiger partial charge in [0.2, 0.25) is 5.58 Å². The standard InChI is InChI=1S/C13H8Cl2N2O4S/c14-7-1-2-8(15)10(5-7)22(19,20)6-11-16-9-3-4-21-12(9)13(18)17-11/h1-5H,6H2,(H,16,17,18). The normalized spacial score (nSPS) is 11.9. The SMILES string of the molecule is O=c1[nH]c(CS(=O)(=O)c2cc(Cl)ccc2Cl)nc2ccoc12. The summed E-state index contributed by atoms with van der Waals surface area (Å²) in [5.74, 6) is -0.515. The van der Waals surface area contributed by atoms with Crippen LogP contribution in [0.3, 0.4) is 0 Å². The maximum absolute atomic E-state index is 12.4. The Labute approximate surface area is 134 Å². The highest BCUT2D eigenvalue weighted by Gasteiger charge is 2.21. The molecule has 0 aliphatic rings. The second-order valence-electron chi connectivity index (χ2n) is 4.48. The van der Waals surface area contributed by atoms with E-state index in [1.54, 1.807) is 0 Å². The van der Waals surface area contributed by atoms with Crippen molar-refractivity contribution in [2.45, 2.75) is 10.6 Å². The first-order valence-corrected chi connectivity index (χ1v) is 8.42. The molecule has 0 atom stereocenters. The summed E-state index contributed by atoms with van der Waals surface area (Å²) in [7, 11) is -3.81. The second kappa shape index (κ2) is 5.42. The van der Waals surface area contributed by atoms with Gasteiger partial charge in [-0.05, 0) is 18.2 Å². The fourth-order valence-corrected chi connectivity index (χ4v) is 3.99. The molecule has 2 aromatic heterocycles. The first-order valence-electron chi connectivity index (χ1n) is 6.01. The van der Waals surface area contributed by atoms with Crippen molar-refractivity contribution in [3.63, 3.8) is 0 Å². The molecular weight excluding hydrogens is 351 g/mol. The molecule has 0 radical (unpaired) electrons. The molecule has 2 heterocycles. The number of aromatic amines is 1. The first kappa shape index (κ1) is 15.1. The summed E-state index contributed by atoms with van der Waals surface area (Å²) in [6.07, 6.45) is 1.30. The van der Waals surface area contributed by atoms with Crippen molar-refractivity contribution in [3.8, 4) is 0 Å². The van der Waals surface area contributed by atoms with Crippen LogP contribution in [0.4, 0.5) is 0 Å². The summed E-state index contributed by atoms with van der Waals surface area (Å²) in [6, 6.07) is 5.62. The third kappa shape index (κ3) is 2.75. The largest absolute Gasteiger partial charge is 0.457 e. The van der Waals surface area contributed by atoms with Gasteiger partial charge >= 0.3 is 0 Å². The Balaban J connectivity index is 2.06. The molecule has 3 rings (SSSR count). The number of aromatic nitrogens is 2. The van der Waals surface area contributed by atoms with Crippen molar-refractivity contribution in [3.05, 3.63) is 56.8 Å². The Morgan fingerprint density at radius 1 is 1.23 bits per heavy atom.